The average molecular weight is 201 g/mol. The molecule has 0 aliphatic rings. The lowest BCUT2D eigenvalue weighted by Gasteiger charge is -2.13. The Labute approximate surface area is 89.7 Å². The zero-order valence-corrected chi connectivity index (χ0v) is 9.03. The third kappa shape index (κ3) is 1.81. The predicted molar refractivity (Wildman–Crippen MR) is 60.7 cm³/mol. The van der Waals surface area contributed by atoms with Crippen molar-refractivity contribution in [2.45, 2.75) is 19.9 Å². The number of aryl methyl sites for hydroxylation is 2. The summed E-state index contributed by atoms with van der Waals surface area (Å²) in [6.45, 7) is 4.01. The molecule has 2 rings (SSSR count). The zero-order valence-electron chi connectivity index (χ0n) is 9.03. The van der Waals surface area contributed by atoms with Crippen LogP contribution in [0.15, 0.2) is 41.0 Å². The fourth-order valence-corrected chi connectivity index (χ4v) is 1.82. The van der Waals surface area contributed by atoms with Gasteiger partial charge in [0.25, 0.3) is 0 Å². The van der Waals surface area contributed by atoms with Crippen molar-refractivity contribution in [3.05, 3.63) is 59.0 Å². The molecule has 1 aromatic carbocycles. The van der Waals surface area contributed by atoms with E-state index in [1.807, 2.05) is 25.1 Å². The van der Waals surface area contributed by atoms with Crippen molar-refractivity contribution >= 4 is 0 Å². The smallest absolute Gasteiger partial charge is 0.105 e. The molecule has 1 heterocycles. The SMILES string of the molecule is Cc1ccccc1C(N)c1ccoc1C. The maximum absolute atomic E-state index is 6.20. The largest absolute Gasteiger partial charge is 0.469 e. The van der Waals surface area contributed by atoms with E-state index in [0.29, 0.717) is 0 Å². The number of furan rings is 1. The molecular formula is C13H15NO. The Kier molecular flexibility index (Phi) is 2.60. The van der Waals surface area contributed by atoms with E-state index < -0.39 is 0 Å². The maximum Gasteiger partial charge on any atom is 0.105 e. The van der Waals surface area contributed by atoms with E-state index >= 15 is 0 Å². The van der Waals surface area contributed by atoms with Crippen molar-refractivity contribution in [1.29, 1.82) is 0 Å². The van der Waals surface area contributed by atoms with Crippen LogP contribution in [0.25, 0.3) is 0 Å². The van der Waals surface area contributed by atoms with Crippen LogP contribution in [0.1, 0.15) is 28.5 Å². The van der Waals surface area contributed by atoms with Gasteiger partial charge >= 0.3 is 0 Å². The summed E-state index contributed by atoms with van der Waals surface area (Å²) in [5.41, 5.74) is 9.63. The lowest BCUT2D eigenvalue weighted by Crippen LogP contribution is -2.13. The van der Waals surface area contributed by atoms with Gasteiger partial charge in [-0.3, -0.25) is 0 Å². The van der Waals surface area contributed by atoms with E-state index in [-0.39, 0.29) is 6.04 Å². The highest BCUT2D eigenvalue weighted by Crippen LogP contribution is 2.25. The van der Waals surface area contributed by atoms with Crippen LogP contribution in [-0.4, -0.2) is 0 Å². The van der Waals surface area contributed by atoms with Gasteiger partial charge in [-0.1, -0.05) is 24.3 Å². The first-order valence-corrected chi connectivity index (χ1v) is 5.05. The Hall–Kier alpha value is -1.54. The summed E-state index contributed by atoms with van der Waals surface area (Å²) in [5, 5.41) is 0. The van der Waals surface area contributed by atoms with E-state index in [1.54, 1.807) is 6.26 Å². The minimum absolute atomic E-state index is 0.0926. The standard InChI is InChI=1S/C13H15NO/c1-9-5-3-4-6-11(9)13(14)12-7-8-15-10(12)2/h3-8,13H,14H2,1-2H3. The molecule has 2 aromatic rings. The Morgan fingerprint density at radius 3 is 2.40 bits per heavy atom. The third-order valence-electron chi connectivity index (χ3n) is 2.76. The molecule has 1 aromatic heterocycles. The van der Waals surface area contributed by atoms with E-state index in [4.69, 9.17) is 10.2 Å². The summed E-state index contributed by atoms with van der Waals surface area (Å²) >= 11 is 0. The molecule has 0 aliphatic heterocycles. The molecule has 1 unspecified atom stereocenters. The third-order valence-corrected chi connectivity index (χ3v) is 2.76. The summed E-state index contributed by atoms with van der Waals surface area (Å²) in [6.07, 6.45) is 1.68. The van der Waals surface area contributed by atoms with Crippen molar-refractivity contribution in [3.63, 3.8) is 0 Å². The number of hydrogen-bond acceptors (Lipinski definition) is 2. The van der Waals surface area contributed by atoms with E-state index in [2.05, 4.69) is 19.1 Å². The highest BCUT2D eigenvalue weighted by Gasteiger charge is 2.14. The van der Waals surface area contributed by atoms with E-state index in [0.717, 1.165) is 16.9 Å². The van der Waals surface area contributed by atoms with Crippen LogP contribution in [0.3, 0.4) is 0 Å². The second-order valence-electron chi connectivity index (χ2n) is 3.77. The lowest BCUT2D eigenvalue weighted by atomic mass is 9.96. The van der Waals surface area contributed by atoms with E-state index in [9.17, 15) is 0 Å². The van der Waals surface area contributed by atoms with Crippen LogP contribution < -0.4 is 5.73 Å². The monoisotopic (exact) mass is 201 g/mol. The Morgan fingerprint density at radius 1 is 1.07 bits per heavy atom. The Morgan fingerprint density at radius 2 is 1.80 bits per heavy atom. The molecule has 0 saturated carbocycles. The van der Waals surface area contributed by atoms with Crippen molar-refractivity contribution in [2.75, 3.05) is 0 Å². The molecule has 2 heteroatoms. The number of rotatable bonds is 2. The molecule has 1 atom stereocenters. The molecule has 2 nitrogen and oxygen atoms in total. The van der Waals surface area contributed by atoms with Gasteiger partial charge in [-0.2, -0.15) is 0 Å². The average Bonchev–Trinajstić information content (AvgIpc) is 2.64. The van der Waals surface area contributed by atoms with E-state index in [1.165, 1.54) is 5.56 Å². The minimum Gasteiger partial charge on any atom is -0.469 e. The minimum atomic E-state index is -0.0926. The lowest BCUT2D eigenvalue weighted by molar-refractivity contribution is 0.527. The van der Waals surface area contributed by atoms with Crippen molar-refractivity contribution in [3.8, 4) is 0 Å². The second-order valence-corrected chi connectivity index (χ2v) is 3.77. The second kappa shape index (κ2) is 3.91. The van der Waals surface area contributed by atoms with Gasteiger partial charge in [0.05, 0.1) is 12.3 Å². The first kappa shape index (κ1) is 9.99. The summed E-state index contributed by atoms with van der Waals surface area (Å²) < 4.78 is 5.27. The Bertz CT molecular complexity index is 459. The molecular weight excluding hydrogens is 186 g/mol. The number of nitrogens with two attached hydrogens (primary N) is 1. The molecule has 0 saturated heterocycles. The Balaban J connectivity index is 2.41. The molecule has 2 N–H and O–H groups in total. The van der Waals surface area contributed by atoms with Gasteiger partial charge in [0.1, 0.15) is 5.76 Å². The van der Waals surface area contributed by atoms with Gasteiger partial charge in [-0.15, -0.1) is 0 Å². The highest BCUT2D eigenvalue weighted by atomic mass is 16.3. The topological polar surface area (TPSA) is 39.2 Å². The summed E-state index contributed by atoms with van der Waals surface area (Å²) in [7, 11) is 0. The van der Waals surface area contributed by atoms with Crippen LogP contribution in [-0.2, 0) is 0 Å². The van der Waals surface area contributed by atoms with Crippen molar-refractivity contribution < 1.29 is 4.42 Å². The molecule has 0 aliphatic carbocycles. The molecule has 78 valence electrons. The van der Waals surface area contributed by atoms with Gasteiger partial charge < -0.3 is 10.2 Å². The zero-order chi connectivity index (χ0) is 10.8. The van der Waals surface area contributed by atoms with Gasteiger partial charge in [0, 0.05) is 5.56 Å². The molecule has 0 fully saturated rings. The predicted octanol–water partition coefficient (Wildman–Crippen LogP) is 2.94. The van der Waals surface area contributed by atoms with Gasteiger partial charge in [-0.05, 0) is 31.0 Å². The van der Waals surface area contributed by atoms with Crippen LogP contribution in [0, 0.1) is 13.8 Å². The molecule has 0 bridgehead atoms. The van der Waals surface area contributed by atoms with Crippen LogP contribution >= 0.6 is 0 Å². The fourth-order valence-electron chi connectivity index (χ4n) is 1.82. The van der Waals surface area contributed by atoms with Crippen LogP contribution in [0.4, 0.5) is 0 Å². The molecule has 15 heavy (non-hydrogen) atoms. The first-order chi connectivity index (χ1) is 7.20. The maximum atomic E-state index is 6.20. The van der Waals surface area contributed by atoms with Gasteiger partial charge in [0.2, 0.25) is 0 Å². The fraction of sp³-hybridized carbons (Fsp3) is 0.231. The normalized spacial score (nSPS) is 12.7. The van der Waals surface area contributed by atoms with Crippen molar-refractivity contribution in [1.82, 2.24) is 0 Å². The van der Waals surface area contributed by atoms with Gasteiger partial charge in [0.15, 0.2) is 0 Å². The molecule has 0 amide bonds. The molecule has 0 spiro atoms. The quantitative estimate of drug-likeness (QED) is 0.811. The highest BCUT2D eigenvalue weighted by molar-refractivity contribution is 5.36. The number of benzene rings is 1. The van der Waals surface area contributed by atoms with Crippen LogP contribution in [0.5, 0.6) is 0 Å². The summed E-state index contributed by atoms with van der Waals surface area (Å²) in [5.74, 6) is 0.894. The summed E-state index contributed by atoms with van der Waals surface area (Å²) in [4.78, 5) is 0. The molecule has 0 radical (unpaired) electrons. The number of hydrogen-bond donors (Lipinski definition) is 1. The summed E-state index contributed by atoms with van der Waals surface area (Å²) in [6, 6.07) is 10.0. The van der Waals surface area contributed by atoms with Crippen LogP contribution in [0.2, 0.25) is 0 Å². The first-order valence-electron chi connectivity index (χ1n) is 5.05. The van der Waals surface area contributed by atoms with Gasteiger partial charge in [-0.25, -0.2) is 0 Å². The van der Waals surface area contributed by atoms with Crippen molar-refractivity contribution in [2.24, 2.45) is 5.73 Å².